The van der Waals surface area contributed by atoms with Gasteiger partial charge in [-0.25, -0.2) is 4.98 Å². The molecule has 34 heavy (non-hydrogen) atoms. The summed E-state index contributed by atoms with van der Waals surface area (Å²) >= 11 is 0. The molecule has 0 saturated carbocycles. The predicted molar refractivity (Wildman–Crippen MR) is 133 cm³/mol. The van der Waals surface area contributed by atoms with Crippen molar-refractivity contribution < 1.29 is 9.59 Å². The SMILES string of the molecule is CNC(=O)CC(C)=NCc1ccc(Cn2cc(C(=O)NCc3c(C)cc(N)nc3C)cn2)cc1. The maximum atomic E-state index is 12.6. The Bertz CT molecular complexity index is 1170. The molecule has 0 radical (unpaired) electrons. The van der Waals surface area contributed by atoms with Crippen molar-refractivity contribution in [2.75, 3.05) is 12.8 Å². The summed E-state index contributed by atoms with van der Waals surface area (Å²) in [5.74, 6) is 0.238. The smallest absolute Gasteiger partial charge is 0.254 e. The lowest BCUT2D eigenvalue weighted by atomic mass is 10.1. The average Bonchev–Trinajstić information content (AvgIpc) is 3.26. The summed E-state index contributed by atoms with van der Waals surface area (Å²) in [6, 6.07) is 9.85. The molecule has 9 nitrogen and oxygen atoms in total. The largest absolute Gasteiger partial charge is 0.384 e. The van der Waals surface area contributed by atoms with Gasteiger partial charge < -0.3 is 16.4 Å². The van der Waals surface area contributed by atoms with E-state index in [1.165, 1.54) is 0 Å². The first-order chi connectivity index (χ1) is 16.2. The Morgan fingerprint density at radius 3 is 2.53 bits per heavy atom. The van der Waals surface area contributed by atoms with Gasteiger partial charge in [0.25, 0.3) is 5.91 Å². The molecule has 3 aromatic rings. The molecule has 3 rings (SSSR count). The number of hydrogen-bond acceptors (Lipinski definition) is 6. The summed E-state index contributed by atoms with van der Waals surface area (Å²) in [6.45, 7) is 7.14. The fourth-order valence-electron chi connectivity index (χ4n) is 3.53. The Kier molecular flexibility index (Phi) is 8.13. The van der Waals surface area contributed by atoms with E-state index in [-0.39, 0.29) is 11.8 Å². The molecule has 2 amide bonds. The van der Waals surface area contributed by atoms with Crippen LogP contribution in [0, 0.1) is 13.8 Å². The Hall–Kier alpha value is -4.01. The minimum absolute atomic E-state index is 0.0450. The highest BCUT2D eigenvalue weighted by atomic mass is 16.2. The van der Waals surface area contributed by atoms with Gasteiger partial charge in [0.2, 0.25) is 5.91 Å². The van der Waals surface area contributed by atoms with Gasteiger partial charge >= 0.3 is 0 Å². The minimum Gasteiger partial charge on any atom is -0.384 e. The lowest BCUT2D eigenvalue weighted by Gasteiger charge is -2.11. The predicted octanol–water partition coefficient (Wildman–Crippen LogP) is 2.55. The third kappa shape index (κ3) is 6.74. The van der Waals surface area contributed by atoms with E-state index < -0.39 is 0 Å². The van der Waals surface area contributed by atoms with Crippen LogP contribution >= 0.6 is 0 Å². The molecule has 0 aliphatic heterocycles. The first-order valence-corrected chi connectivity index (χ1v) is 11.1. The van der Waals surface area contributed by atoms with E-state index in [0.717, 1.165) is 33.7 Å². The molecule has 2 heterocycles. The van der Waals surface area contributed by atoms with Crippen molar-refractivity contribution in [3.8, 4) is 0 Å². The number of nitrogens with zero attached hydrogens (tertiary/aromatic N) is 4. The highest BCUT2D eigenvalue weighted by Gasteiger charge is 2.11. The molecule has 0 saturated heterocycles. The zero-order chi connectivity index (χ0) is 24.7. The second kappa shape index (κ2) is 11.2. The third-order valence-corrected chi connectivity index (χ3v) is 5.49. The maximum absolute atomic E-state index is 12.6. The van der Waals surface area contributed by atoms with Crippen molar-refractivity contribution in [1.29, 1.82) is 0 Å². The molecule has 0 bridgehead atoms. The van der Waals surface area contributed by atoms with Gasteiger partial charge in [-0.15, -0.1) is 0 Å². The van der Waals surface area contributed by atoms with Gasteiger partial charge in [0.15, 0.2) is 0 Å². The molecular formula is C25H31N7O2. The van der Waals surface area contributed by atoms with Crippen LogP contribution in [0.5, 0.6) is 0 Å². The Morgan fingerprint density at radius 2 is 1.85 bits per heavy atom. The summed E-state index contributed by atoms with van der Waals surface area (Å²) in [5.41, 5.74) is 11.9. The standard InChI is InChI=1S/C25H31N7O2/c1-16-9-23(26)31-18(3)22(16)13-29-25(34)21-12-30-32(15-21)14-20-7-5-19(6-8-20)11-28-17(2)10-24(33)27-4/h5-9,12,15H,10-11,13-14H2,1-4H3,(H2,26,31)(H,27,33)(H,29,34). The Balaban J connectivity index is 1.54. The average molecular weight is 462 g/mol. The number of carbonyl (C=O) groups excluding carboxylic acids is 2. The molecule has 0 spiro atoms. The van der Waals surface area contributed by atoms with Crippen LogP contribution in [0.1, 0.15) is 51.7 Å². The number of amides is 2. The van der Waals surface area contributed by atoms with E-state index in [1.54, 1.807) is 30.2 Å². The van der Waals surface area contributed by atoms with Crippen LogP contribution in [-0.4, -0.2) is 39.3 Å². The zero-order valence-electron chi connectivity index (χ0n) is 20.1. The van der Waals surface area contributed by atoms with Crippen molar-refractivity contribution >= 4 is 23.3 Å². The second-order valence-electron chi connectivity index (χ2n) is 8.26. The fraction of sp³-hybridized carbons (Fsp3) is 0.320. The van der Waals surface area contributed by atoms with Crippen LogP contribution in [0.2, 0.25) is 0 Å². The van der Waals surface area contributed by atoms with Gasteiger partial charge in [0.1, 0.15) is 5.82 Å². The number of nitrogens with two attached hydrogens (primary N) is 1. The molecule has 2 aromatic heterocycles. The molecule has 0 unspecified atom stereocenters. The van der Waals surface area contributed by atoms with Crippen molar-refractivity contribution in [2.45, 2.75) is 46.8 Å². The van der Waals surface area contributed by atoms with Crippen LogP contribution in [0.4, 0.5) is 5.82 Å². The summed E-state index contributed by atoms with van der Waals surface area (Å²) in [6.07, 6.45) is 3.60. The van der Waals surface area contributed by atoms with E-state index in [1.807, 2.05) is 45.0 Å². The molecule has 0 aliphatic rings. The van der Waals surface area contributed by atoms with Crippen LogP contribution in [0.25, 0.3) is 0 Å². The van der Waals surface area contributed by atoms with Gasteiger partial charge in [-0.05, 0) is 49.1 Å². The van der Waals surface area contributed by atoms with Crippen LogP contribution in [0.3, 0.4) is 0 Å². The number of hydrogen-bond donors (Lipinski definition) is 3. The van der Waals surface area contributed by atoms with Gasteiger partial charge in [-0.3, -0.25) is 19.3 Å². The van der Waals surface area contributed by atoms with Crippen LogP contribution < -0.4 is 16.4 Å². The van der Waals surface area contributed by atoms with E-state index in [4.69, 9.17) is 5.73 Å². The number of aromatic nitrogens is 3. The highest BCUT2D eigenvalue weighted by molar-refractivity contribution is 5.99. The van der Waals surface area contributed by atoms with Gasteiger partial charge in [-0.1, -0.05) is 24.3 Å². The van der Waals surface area contributed by atoms with E-state index >= 15 is 0 Å². The zero-order valence-corrected chi connectivity index (χ0v) is 20.1. The van der Waals surface area contributed by atoms with Crippen molar-refractivity contribution in [3.05, 3.63) is 76.2 Å². The number of carbonyl (C=O) groups is 2. The van der Waals surface area contributed by atoms with Crippen LogP contribution in [-0.2, 0) is 24.4 Å². The summed E-state index contributed by atoms with van der Waals surface area (Å²) in [7, 11) is 1.62. The Labute approximate surface area is 199 Å². The molecule has 4 N–H and O–H groups in total. The maximum Gasteiger partial charge on any atom is 0.254 e. The molecular weight excluding hydrogens is 430 g/mol. The van der Waals surface area contributed by atoms with E-state index in [9.17, 15) is 9.59 Å². The van der Waals surface area contributed by atoms with E-state index in [2.05, 4.69) is 25.7 Å². The summed E-state index contributed by atoms with van der Waals surface area (Å²) < 4.78 is 1.73. The normalized spacial score (nSPS) is 11.4. The van der Waals surface area contributed by atoms with Crippen LogP contribution in [0.15, 0.2) is 47.7 Å². The highest BCUT2D eigenvalue weighted by Crippen LogP contribution is 2.15. The quantitative estimate of drug-likeness (QED) is 0.422. The van der Waals surface area contributed by atoms with Gasteiger partial charge in [-0.2, -0.15) is 5.10 Å². The fourth-order valence-corrected chi connectivity index (χ4v) is 3.53. The number of nitrogens with one attached hydrogen (secondary N) is 2. The lowest BCUT2D eigenvalue weighted by Crippen LogP contribution is -2.23. The number of nitrogen functional groups attached to an aromatic ring is 1. The third-order valence-electron chi connectivity index (χ3n) is 5.49. The summed E-state index contributed by atoms with van der Waals surface area (Å²) in [5, 5.41) is 9.84. The lowest BCUT2D eigenvalue weighted by molar-refractivity contribution is -0.119. The second-order valence-corrected chi connectivity index (χ2v) is 8.26. The topological polar surface area (TPSA) is 127 Å². The van der Waals surface area contributed by atoms with Gasteiger partial charge in [0, 0.05) is 31.2 Å². The number of benzene rings is 1. The number of pyridine rings is 1. The minimum atomic E-state index is -0.192. The number of aliphatic imine (C=N–C) groups is 1. The number of aryl methyl sites for hydroxylation is 2. The Morgan fingerprint density at radius 1 is 1.15 bits per heavy atom. The molecule has 0 fully saturated rings. The first kappa shape index (κ1) is 24.6. The molecule has 1 aromatic carbocycles. The van der Waals surface area contributed by atoms with Gasteiger partial charge in [0.05, 0.1) is 31.3 Å². The monoisotopic (exact) mass is 461 g/mol. The number of rotatable bonds is 9. The molecule has 178 valence electrons. The van der Waals surface area contributed by atoms with Crippen molar-refractivity contribution in [3.63, 3.8) is 0 Å². The van der Waals surface area contributed by atoms with Crippen molar-refractivity contribution in [1.82, 2.24) is 25.4 Å². The molecule has 0 aliphatic carbocycles. The molecule has 0 atom stereocenters. The summed E-state index contributed by atoms with van der Waals surface area (Å²) in [4.78, 5) is 32.7. The van der Waals surface area contributed by atoms with Crippen molar-refractivity contribution in [2.24, 2.45) is 4.99 Å². The first-order valence-electron chi connectivity index (χ1n) is 11.1. The number of anilines is 1. The van der Waals surface area contributed by atoms with E-state index in [0.29, 0.717) is 37.4 Å². The molecule has 9 heteroatoms.